The smallest absolute Gasteiger partial charge is 0.227 e. The molecule has 0 aliphatic heterocycles. The fraction of sp³-hybridized carbons (Fsp3) is 0.286. The van der Waals surface area contributed by atoms with Crippen LogP contribution in [0.4, 0.5) is 5.69 Å². The molecule has 1 aliphatic carbocycles. The molecule has 1 N–H and O–H groups in total. The van der Waals surface area contributed by atoms with E-state index in [4.69, 9.17) is 11.6 Å². The van der Waals surface area contributed by atoms with Crippen molar-refractivity contribution in [1.82, 2.24) is 9.78 Å². The average Bonchev–Trinajstić information content (AvgIpc) is 2.80. The zero-order valence-electron chi connectivity index (χ0n) is 10.3. The first-order chi connectivity index (χ1) is 9.24. The number of amides is 1. The molecule has 0 saturated heterocycles. The number of hydrogen-bond acceptors (Lipinski definition) is 2. The molecule has 0 spiro atoms. The second-order valence-electron chi connectivity index (χ2n) is 4.73. The van der Waals surface area contributed by atoms with Gasteiger partial charge in [-0.1, -0.05) is 18.0 Å². The summed E-state index contributed by atoms with van der Waals surface area (Å²) in [6.45, 7) is 0. The van der Waals surface area contributed by atoms with Gasteiger partial charge in [-0.3, -0.25) is 4.79 Å². The lowest BCUT2D eigenvalue weighted by molar-refractivity contribution is -0.122. The van der Waals surface area contributed by atoms with E-state index < -0.39 is 0 Å². The van der Waals surface area contributed by atoms with Gasteiger partial charge in [0.15, 0.2) is 0 Å². The summed E-state index contributed by atoms with van der Waals surface area (Å²) in [4.78, 5) is 12.0. The van der Waals surface area contributed by atoms with Crippen molar-refractivity contribution in [2.45, 2.75) is 19.3 Å². The highest BCUT2D eigenvalue weighted by Crippen LogP contribution is 2.30. The van der Waals surface area contributed by atoms with Gasteiger partial charge >= 0.3 is 0 Å². The van der Waals surface area contributed by atoms with Gasteiger partial charge in [0, 0.05) is 23.3 Å². The van der Waals surface area contributed by atoms with Crippen LogP contribution in [-0.4, -0.2) is 15.7 Å². The molecule has 0 atom stereocenters. The third kappa shape index (κ3) is 2.49. The maximum Gasteiger partial charge on any atom is 0.227 e. The Balaban J connectivity index is 1.90. The van der Waals surface area contributed by atoms with Crippen molar-refractivity contribution in [1.29, 1.82) is 0 Å². The molecule has 0 bridgehead atoms. The molecule has 1 aliphatic rings. The van der Waals surface area contributed by atoms with Crippen LogP contribution >= 0.6 is 11.6 Å². The predicted octanol–water partition coefficient (Wildman–Crippen LogP) is 3.26. The summed E-state index contributed by atoms with van der Waals surface area (Å²) in [7, 11) is 0. The normalized spacial score (nSPS) is 15.0. The molecule has 3 rings (SSSR count). The van der Waals surface area contributed by atoms with Crippen LogP contribution in [0.15, 0.2) is 36.7 Å². The van der Waals surface area contributed by atoms with Crippen LogP contribution in [0, 0.1) is 5.92 Å². The molecule has 2 aromatic rings. The van der Waals surface area contributed by atoms with Gasteiger partial charge in [-0.05, 0) is 37.1 Å². The Morgan fingerprint density at radius 2 is 2.26 bits per heavy atom. The summed E-state index contributed by atoms with van der Waals surface area (Å²) in [6.07, 6.45) is 6.63. The van der Waals surface area contributed by atoms with Crippen molar-refractivity contribution in [3.63, 3.8) is 0 Å². The van der Waals surface area contributed by atoms with Gasteiger partial charge in [-0.2, -0.15) is 5.10 Å². The van der Waals surface area contributed by atoms with Crippen LogP contribution in [0.2, 0.25) is 5.02 Å². The van der Waals surface area contributed by atoms with Crippen LogP contribution in [-0.2, 0) is 4.79 Å². The Kier molecular flexibility index (Phi) is 3.25. The van der Waals surface area contributed by atoms with Gasteiger partial charge < -0.3 is 5.32 Å². The summed E-state index contributed by atoms with van der Waals surface area (Å²) in [5, 5.41) is 7.74. The number of rotatable bonds is 3. The van der Waals surface area contributed by atoms with Crippen LogP contribution in [0.3, 0.4) is 0 Å². The zero-order chi connectivity index (χ0) is 13.2. The number of aromatic nitrogens is 2. The quantitative estimate of drug-likeness (QED) is 0.934. The van der Waals surface area contributed by atoms with E-state index in [1.807, 2.05) is 18.3 Å². The lowest BCUT2D eigenvalue weighted by Gasteiger charge is -2.24. The number of anilines is 1. The fourth-order valence-electron chi connectivity index (χ4n) is 2.12. The van der Waals surface area contributed by atoms with E-state index in [-0.39, 0.29) is 11.8 Å². The number of carbonyl (C=O) groups is 1. The summed E-state index contributed by atoms with van der Waals surface area (Å²) in [5.41, 5.74) is 1.52. The Bertz CT molecular complexity index is 591. The maximum absolute atomic E-state index is 12.0. The largest absolute Gasteiger partial charge is 0.324 e. The van der Waals surface area contributed by atoms with Crippen molar-refractivity contribution >= 4 is 23.2 Å². The third-order valence-electron chi connectivity index (χ3n) is 3.44. The number of benzene rings is 1. The van der Waals surface area contributed by atoms with Crippen molar-refractivity contribution in [2.75, 3.05) is 5.32 Å². The molecule has 1 aromatic carbocycles. The van der Waals surface area contributed by atoms with E-state index in [1.165, 1.54) is 0 Å². The number of halogens is 1. The van der Waals surface area contributed by atoms with Crippen LogP contribution in [0.5, 0.6) is 0 Å². The van der Waals surface area contributed by atoms with E-state index in [0.29, 0.717) is 10.7 Å². The van der Waals surface area contributed by atoms with E-state index in [2.05, 4.69) is 10.4 Å². The van der Waals surface area contributed by atoms with Gasteiger partial charge in [0.05, 0.1) is 11.4 Å². The first-order valence-corrected chi connectivity index (χ1v) is 6.72. The number of nitrogens with one attached hydrogen (secondary N) is 1. The van der Waals surface area contributed by atoms with E-state index in [9.17, 15) is 4.79 Å². The molecular weight excluding hydrogens is 262 g/mol. The molecule has 19 heavy (non-hydrogen) atoms. The van der Waals surface area contributed by atoms with E-state index in [1.54, 1.807) is 23.0 Å². The lowest BCUT2D eigenvalue weighted by atomic mass is 9.85. The number of hydrogen-bond donors (Lipinski definition) is 1. The van der Waals surface area contributed by atoms with Crippen LogP contribution < -0.4 is 5.32 Å². The van der Waals surface area contributed by atoms with E-state index in [0.717, 1.165) is 24.9 Å². The Hall–Kier alpha value is -1.81. The van der Waals surface area contributed by atoms with Crippen LogP contribution in [0.25, 0.3) is 5.69 Å². The van der Waals surface area contributed by atoms with Crippen molar-refractivity contribution in [3.8, 4) is 5.69 Å². The van der Waals surface area contributed by atoms with Crippen molar-refractivity contribution < 1.29 is 4.79 Å². The van der Waals surface area contributed by atoms with Gasteiger partial charge in [-0.15, -0.1) is 0 Å². The van der Waals surface area contributed by atoms with Crippen LogP contribution in [0.1, 0.15) is 19.3 Å². The molecule has 1 amide bonds. The fourth-order valence-corrected chi connectivity index (χ4v) is 2.30. The monoisotopic (exact) mass is 275 g/mol. The lowest BCUT2D eigenvalue weighted by Crippen LogP contribution is -2.28. The molecule has 1 fully saturated rings. The van der Waals surface area contributed by atoms with Gasteiger partial charge in [0.1, 0.15) is 0 Å². The molecular formula is C14H14ClN3O. The first kappa shape index (κ1) is 12.2. The predicted molar refractivity (Wildman–Crippen MR) is 74.5 cm³/mol. The SMILES string of the molecule is O=C(Nc1cc(Cl)ccc1-n1cccn1)C1CCC1. The standard InChI is InChI=1S/C14H14ClN3O/c15-11-5-6-13(18-8-2-7-16-18)12(9-11)17-14(19)10-3-1-4-10/h2,5-10H,1,3-4H2,(H,17,19). The Labute approximate surface area is 116 Å². The second-order valence-corrected chi connectivity index (χ2v) is 5.17. The van der Waals surface area contributed by atoms with Crippen molar-refractivity contribution in [3.05, 3.63) is 41.7 Å². The Morgan fingerprint density at radius 1 is 1.42 bits per heavy atom. The highest BCUT2D eigenvalue weighted by Gasteiger charge is 2.25. The zero-order valence-corrected chi connectivity index (χ0v) is 11.1. The topological polar surface area (TPSA) is 46.9 Å². The van der Waals surface area contributed by atoms with E-state index >= 15 is 0 Å². The molecule has 0 unspecified atom stereocenters. The molecule has 4 nitrogen and oxygen atoms in total. The van der Waals surface area contributed by atoms with Crippen molar-refractivity contribution in [2.24, 2.45) is 5.92 Å². The molecule has 1 saturated carbocycles. The minimum absolute atomic E-state index is 0.0712. The summed E-state index contributed by atoms with van der Waals surface area (Å²) >= 11 is 6.01. The van der Waals surface area contributed by atoms with Gasteiger partial charge in [0.2, 0.25) is 5.91 Å². The maximum atomic E-state index is 12.0. The highest BCUT2D eigenvalue weighted by molar-refractivity contribution is 6.31. The van der Waals surface area contributed by atoms with Gasteiger partial charge in [0.25, 0.3) is 0 Å². The minimum atomic E-state index is 0.0712. The molecule has 5 heteroatoms. The highest BCUT2D eigenvalue weighted by atomic mass is 35.5. The minimum Gasteiger partial charge on any atom is -0.324 e. The average molecular weight is 276 g/mol. The summed E-state index contributed by atoms with van der Waals surface area (Å²) in [6, 6.07) is 7.24. The number of nitrogens with zero attached hydrogens (tertiary/aromatic N) is 2. The third-order valence-corrected chi connectivity index (χ3v) is 3.68. The summed E-state index contributed by atoms with van der Waals surface area (Å²) in [5.74, 6) is 0.214. The summed E-state index contributed by atoms with van der Waals surface area (Å²) < 4.78 is 1.71. The molecule has 1 aromatic heterocycles. The molecule has 0 radical (unpaired) electrons. The number of carbonyl (C=O) groups excluding carboxylic acids is 1. The second kappa shape index (κ2) is 5.05. The first-order valence-electron chi connectivity index (χ1n) is 6.34. The van der Waals surface area contributed by atoms with Gasteiger partial charge in [-0.25, -0.2) is 4.68 Å². The molecule has 98 valence electrons. The molecule has 1 heterocycles. The Morgan fingerprint density at radius 3 is 2.89 bits per heavy atom.